The van der Waals surface area contributed by atoms with Crippen molar-refractivity contribution in [2.45, 2.75) is 18.3 Å². The fourth-order valence-electron chi connectivity index (χ4n) is 0.568. The van der Waals surface area contributed by atoms with Crippen LogP contribution in [0.1, 0.15) is 0 Å². The molecule has 0 saturated carbocycles. The normalized spacial score (nSPS) is 16.9. The van der Waals surface area contributed by atoms with Crippen LogP contribution in [0, 0.1) is 0 Å². The number of aliphatic hydroxyl groups is 4. The molecule has 0 saturated heterocycles. The zero-order valence-corrected chi connectivity index (χ0v) is 6.48. The molecular weight excluding hydrogens is 182 g/mol. The Bertz CT molecular complexity index is 226. The summed E-state index contributed by atoms with van der Waals surface area (Å²) in [5.41, 5.74) is 7.80. The number of azide groups is 1. The Morgan fingerprint density at radius 3 is 2.38 bits per heavy atom. The summed E-state index contributed by atoms with van der Waals surface area (Å²) in [5, 5.41) is 37.4. The lowest BCUT2D eigenvalue weighted by atomic mass is 10.1. The van der Waals surface area contributed by atoms with Gasteiger partial charge in [-0.15, -0.1) is 0 Å². The van der Waals surface area contributed by atoms with Crippen LogP contribution in [0.15, 0.2) is 5.11 Å². The van der Waals surface area contributed by atoms with Gasteiger partial charge in [0.05, 0.1) is 6.61 Å². The summed E-state index contributed by atoms with van der Waals surface area (Å²) >= 11 is 0. The van der Waals surface area contributed by atoms with Gasteiger partial charge in [-0.25, -0.2) is 0 Å². The fourth-order valence-corrected chi connectivity index (χ4v) is 0.568. The number of amides is 1. The molecule has 0 unspecified atom stereocenters. The first-order chi connectivity index (χ1) is 6.04. The first-order valence-electron chi connectivity index (χ1n) is 3.28. The maximum atomic E-state index is 10.6. The molecule has 0 heterocycles. The van der Waals surface area contributed by atoms with Gasteiger partial charge in [0.1, 0.15) is 18.3 Å². The smallest absolute Gasteiger partial charge is 0.250 e. The molecule has 1 amide bonds. The van der Waals surface area contributed by atoms with Crippen molar-refractivity contribution in [1.82, 2.24) is 0 Å². The first-order valence-corrected chi connectivity index (χ1v) is 3.28. The molecule has 8 heteroatoms. The highest BCUT2D eigenvalue weighted by atomic mass is 16.4. The highest BCUT2D eigenvalue weighted by Gasteiger charge is 2.28. The van der Waals surface area contributed by atoms with Crippen LogP contribution >= 0.6 is 0 Å². The monoisotopic (exact) mass is 191 g/mol. The summed E-state index contributed by atoms with van der Waals surface area (Å²) in [4.78, 5) is 12.7. The van der Waals surface area contributed by atoms with Gasteiger partial charge in [0.2, 0.25) is 5.91 Å². The molecule has 0 aromatic rings. The molecule has 0 radical (unpaired) electrons. The van der Waals surface area contributed by atoms with Gasteiger partial charge in [0.15, 0.2) is 0 Å². The Morgan fingerprint density at radius 2 is 2.00 bits per heavy atom. The van der Waals surface area contributed by atoms with Crippen LogP contribution in [0.4, 0.5) is 0 Å². The maximum Gasteiger partial charge on any atom is 0.250 e. The number of aliphatic hydroxyl groups excluding tert-OH is 4. The molecule has 0 rings (SSSR count). The summed E-state index contributed by atoms with van der Waals surface area (Å²) in [7, 11) is 0. The van der Waals surface area contributed by atoms with Crippen molar-refractivity contribution >= 4 is 5.91 Å². The quantitative estimate of drug-likeness (QED) is 0.228. The van der Waals surface area contributed by atoms with E-state index >= 15 is 0 Å². The van der Waals surface area contributed by atoms with Gasteiger partial charge < -0.3 is 20.4 Å². The molecule has 74 valence electrons. The number of hydrogen-bond donors (Lipinski definition) is 4. The van der Waals surface area contributed by atoms with E-state index in [1.165, 1.54) is 0 Å². The molecule has 0 aliphatic carbocycles. The van der Waals surface area contributed by atoms with Gasteiger partial charge in [-0.2, -0.15) is 0 Å². The molecule has 0 aliphatic heterocycles. The standard InChI is InChI=1S/C5H9N3O5/c6-8-7-5(13)4(12)3(11)2(10)1-9/h2-4,9-12H,1H2/t2-,3-,4+/m1/s1. The number of carbonyl (C=O) groups excluding carboxylic acids is 1. The third-order valence-electron chi connectivity index (χ3n) is 1.30. The molecule has 13 heavy (non-hydrogen) atoms. The fraction of sp³-hybridized carbons (Fsp3) is 0.800. The largest absolute Gasteiger partial charge is 0.394 e. The van der Waals surface area contributed by atoms with Crippen molar-refractivity contribution in [3.63, 3.8) is 0 Å². The lowest BCUT2D eigenvalue weighted by molar-refractivity contribution is -0.139. The van der Waals surface area contributed by atoms with E-state index in [-0.39, 0.29) is 0 Å². The van der Waals surface area contributed by atoms with Crippen molar-refractivity contribution in [2.24, 2.45) is 5.11 Å². The topological polar surface area (TPSA) is 147 Å². The average Bonchev–Trinajstić information content (AvgIpc) is 2.14. The Hall–Kier alpha value is -1.18. The summed E-state index contributed by atoms with van der Waals surface area (Å²) < 4.78 is 0. The van der Waals surface area contributed by atoms with Crippen molar-refractivity contribution in [1.29, 1.82) is 0 Å². The van der Waals surface area contributed by atoms with Gasteiger partial charge in [-0.3, -0.25) is 4.79 Å². The average molecular weight is 191 g/mol. The molecule has 0 aliphatic rings. The minimum Gasteiger partial charge on any atom is -0.394 e. The highest BCUT2D eigenvalue weighted by molar-refractivity contribution is 5.81. The number of hydrogen-bond acceptors (Lipinski definition) is 5. The van der Waals surface area contributed by atoms with E-state index < -0.39 is 30.8 Å². The van der Waals surface area contributed by atoms with Crippen LogP contribution in [-0.2, 0) is 4.79 Å². The molecule has 0 aromatic carbocycles. The number of carbonyl (C=O) groups is 1. The van der Waals surface area contributed by atoms with Crippen LogP contribution in [0.2, 0.25) is 0 Å². The molecule has 0 spiro atoms. The van der Waals surface area contributed by atoms with E-state index in [1.807, 2.05) is 0 Å². The molecular formula is C5H9N3O5. The summed E-state index contributed by atoms with van der Waals surface area (Å²) in [6.07, 6.45) is -5.56. The Balaban J connectivity index is 4.32. The third-order valence-corrected chi connectivity index (χ3v) is 1.30. The van der Waals surface area contributed by atoms with Gasteiger partial charge in [-0.05, 0) is 10.6 Å². The van der Waals surface area contributed by atoms with E-state index in [1.54, 1.807) is 0 Å². The Labute approximate surface area is 72.7 Å². The summed E-state index contributed by atoms with van der Waals surface area (Å²) in [6.45, 7) is -0.818. The van der Waals surface area contributed by atoms with Crippen molar-refractivity contribution < 1.29 is 25.2 Å². The lowest BCUT2D eigenvalue weighted by Gasteiger charge is -2.18. The van der Waals surface area contributed by atoms with Crippen LogP contribution in [0.5, 0.6) is 0 Å². The zero-order chi connectivity index (χ0) is 10.4. The minimum absolute atomic E-state index is 0.818. The van der Waals surface area contributed by atoms with E-state index in [2.05, 4.69) is 10.0 Å². The van der Waals surface area contributed by atoms with Crippen LogP contribution in [-0.4, -0.2) is 51.3 Å². The van der Waals surface area contributed by atoms with Crippen LogP contribution in [0.25, 0.3) is 10.4 Å². The second kappa shape index (κ2) is 5.46. The van der Waals surface area contributed by atoms with Gasteiger partial charge in [0.25, 0.3) is 0 Å². The second-order valence-corrected chi connectivity index (χ2v) is 2.21. The SMILES string of the molecule is [N-]=[N+]=NC(=O)[C@@H](O)[C@H](O)[C@H](O)CO. The second-order valence-electron chi connectivity index (χ2n) is 2.21. The van der Waals surface area contributed by atoms with Crippen molar-refractivity contribution in [2.75, 3.05) is 6.61 Å². The predicted octanol–water partition coefficient (Wildman–Crippen LogP) is -2.10. The molecule has 0 bridgehead atoms. The third kappa shape index (κ3) is 3.36. The Morgan fingerprint density at radius 1 is 1.46 bits per heavy atom. The van der Waals surface area contributed by atoms with Crippen molar-refractivity contribution in [3.8, 4) is 0 Å². The summed E-state index contributed by atoms with van der Waals surface area (Å²) in [6, 6.07) is 0. The van der Waals surface area contributed by atoms with E-state index in [9.17, 15) is 4.79 Å². The number of rotatable bonds is 4. The van der Waals surface area contributed by atoms with Crippen LogP contribution < -0.4 is 0 Å². The van der Waals surface area contributed by atoms with Gasteiger partial charge in [-0.1, -0.05) is 0 Å². The van der Waals surface area contributed by atoms with Gasteiger partial charge >= 0.3 is 0 Å². The van der Waals surface area contributed by atoms with E-state index in [0.717, 1.165) is 0 Å². The highest BCUT2D eigenvalue weighted by Crippen LogP contribution is 2.01. The molecule has 0 aromatic heterocycles. The zero-order valence-electron chi connectivity index (χ0n) is 6.48. The number of nitrogens with zero attached hydrogens (tertiary/aromatic N) is 3. The van der Waals surface area contributed by atoms with Gasteiger partial charge in [0, 0.05) is 4.91 Å². The minimum atomic E-state index is -2.03. The first kappa shape index (κ1) is 11.8. The van der Waals surface area contributed by atoms with Crippen LogP contribution in [0.3, 0.4) is 0 Å². The maximum absolute atomic E-state index is 10.6. The molecule has 8 nitrogen and oxygen atoms in total. The molecule has 0 fully saturated rings. The molecule has 3 atom stereocenters. The van der Waals surface area contributed by atoms with E-state index in [4.69, 9.17) is 26.0 Å². The Kier molecular flexibility index (Phi) is 4.97. The van der Waals surface area contributed by atoms with E-state index in [0.29, 0.717) is 0 Å². The molecule has 4 N–H and O–H groups in total. The van der Waals surface area contributed by atoms with Crippen molar-refractivity contribution in [3.05, 3.63) is 10.4 Å². The summed E-state index contributed by atoms with van der Waals surface area (Å²) in [5.74, 6) is -1.32. The predicted molar refractivity (Wildman–Crippen MR) is 39.3 cm³/mol. The lowest BCUT2D eigenvalue weighted by Crippen LogP contribution is -2.43.